The highest BCUT2D eigenvalue weighted by molar-refractivity contribution is 5.27. The smallest absolute Gasteiger partial charge is 0.0709 e. The van der Waals surface area contributed by atoms with Crippen LogP contribution in [0.4, 0.5) is 0 Å². The van der Waals surface area contributed by atoms with E-state index in [1.165, 1.54) is 96.2 Å². The number of hydrogen-bond donors (Lipinski definition) is 0. The van der Waals surface area contributed by atoms with Gasteiger partial charge in [-0.3, -0.25) is 14.7 Å². The van der Waals surface area contributed by atoms with E-state index in [2.05, 4.69) is 45.9 Å². The Morgan fingerprint density at radius 3 is 2.25 bits per heavy atom. The van der Waals surface area contributed by atoms with E-state index < -0.39 is 0 Å². The van der Waals surface area contributed by atoms with Gasteiger partial charge in [0, 0.05) is 19.6 Å². The summed E-state index contributed by atoms with van der Waals surface area (Å²) in [6.07, 6.45) is 11.1. The molecule has 154 valence electrons. The molecule has 1 saturated carbocycles. The largest absolute Gasteiger partial charge is 0.299 e. The number of hydrogen-bond acceptors (Lipinski definition) is 3. The number of likely N-dealkylation sites (tertiary alicyclic amines) is 3. The molecule has 3 saturated heterocycles. The maximum Gasteiger partial charge on any atom is 0.0709 e. The van der Waals surface area contributed by atoms with E-state index >= 15 is 0 Å². The molecular weight excluding hydrogens is 342 g/mol. The second kappa shape index (κ2) is 8.08. The van der Waals surface area contributed by atoms with Crippen molar-refractivity contribution in [1.82, 2.24) is 14.7 Å². The van der Waals surface area contributed by atoms with Gasteiger partial charge in [0.1, 0.15) is 0 Å². The van der Waals surface area contributed by atoms with Gasteiger partial charge in [-0.2, -0.15) is 0 Å². The fourth-order valence-electron chi connectivity index (χ4n) is 6.41. The molecule has 3 heteroatoms. The summed E-state index contributed by atoms with van der Waals surface area (Å²) in [5, 5.41) is 0. The van der Waals surface area contributed by atoms with Crippen molar-refractivity contribution in [1.29, 1.82) is 0 Å². The van der Waals surface area contributed by atoms with Crippen molar-refractivity contribution in [2.45, 2.75) is 76.4 Å². The first-order chi connectivity index (χ1) is 13.7. The van der Waals surface area contributed by atoms with Gasteiger partial charge in [0.25, 0.3) is 0 Å². The maximum atomic E-state index is 2.85. The summed E-state index contributed by atoms with van der Waals surface area (Å²) in [5.74, 6) is 1.72. The van der Waals surface area contributed by atoms with Gasteiger partial charge >= 0.3 is 0 Å². The van der Waals surface area contributed by atoms with Crippen LogP contribution < -0.4 is 0 Å². The number of nitrogens with zero attached hydrogens (tertiary/aromatic N) is 3. The summed E-state index contributed by atoms with van der Waals surface area (Å²) in [4.78, 5) is 8.23. The lowest BCUT2D eigenvalue weighted by Gasteiger charge is -2.47. The van der Waals surface area contributed by atoms with Gasteiger partial charge in [0.2, 0.25) is 0 Å². The molecule has 3 aliphatic heterocycles. The zero-order valence-corrected chi connectivity index (χ0v) is 17.9. The van der Waals surface area contributed by atoms with E-state index in [1.807, 2.05) is 0 Å². The van der Waals surface area contributed by atoms with Gasteiger partial charge in [-0.1, -0.05) is 24.3 Å². The molecular formula is C25H39N3. The molecule has 4 fully saturated rings. The summed E-state index contributed by atoms with van der Waals surface area (Å²) in [6, 6.07) is 9.64. The lowest BCUT2D eigenvalue weighted by molar-refractivity contribution is -0.0187. The van der Waals surface area contributed by atoms with E-state index in [4.69, 9.17) is 0 Å². The Balaban J connectivity index is 1.12. The van der Waals surface area contributed by atoms with E-state index in [9.17, 15) is 0 Å². The minimum absolute atomic E-state index is 0.360. The van der Waals surface area contributed by atoms with Crippen molar-refractivity contribution < 1.29 is 0 Å². The molecule has 0 N–H and O–H groups in total. The Hall–Kier alpha value is -0.900. The van der Waals surface area contributed by atoms with Crippen LogP contribution >= 0.6 is 0 Å². The first kappa shape index (κ1) is 19.1. The highest BCUT2D eigenvalue weighted by Gasteiger charge is 2.44. The van der Waals surface area contributed by atoms with Gasteiger partial charge in [-0.05, 0) is 107 Å². The number of benzene rings is 1. The zero-order valence-electron chi connectivity index (χ0n) is 17.9. The van der Waals surface area contributed by atoms with Gasteiger partial charge in [-0.25, -0.2) is 0 Å². The molecule has 3 heterocycles. The Kier molecular flexibility index (Phi) is 5.51. The summed E-state index contributed by atoms with van der Waals surface area (Å²) in [5.41, 5.74) is 3.45. The predicted octanol–water partition coefficient (Wildman–Crippen LogP) is 4.68. The number of rotatable bonds is 6. The van der Waals surface area contributed by atoms with Gasteiger partial charge in [-0.15, -0.1) is 0 Å². The van der Waals surface area contributed by atoms with Crippen LogP contribution in [-0.2, 0) is 6.54 Å². The van der Waals surface area contributed by atoms with Gasteiger partial charge in [0.15, 0.2) is 0 Å². The van der Waals surface area contributed by atoms with Gasteiger partial charge in [0.05, 0.1) is 5.66 Å². The van der Waals surface area contributed by atoms with Crippen molar-refractivity contribution in [2.24, 2.45) is 5.92 Å². The van der Waals surface area contributed by atoms with E-state index in [-0.39, 0.29) is 0 Å². The maximum absolute atomic E-state index is 2.85. The third-order valence-corrected chi connectivity index (χ3v) is 8.32. The molecule has 5 rings (SSSR count). The van der Waals surface area contributed by atoms with Crippen LogP contribution in [0, 0.1) is 5.92 Å². The Morgan fingerprint density at radius 2 is 1.54 bits per heavy atom. The molecule has 4 aliphatic rings. The molecule has 0 radical (unpaired) electrons. The zero-order chi connectivity index (χ0) is 19.0. The fourth-order valence-corrected chi connectivity index (χ4v) is 6.41. The first-order valence-corrected chi connectivity index (χ1v) is 12.0. The minimum Gasteiger partial charge on any atom is -0.299 e. The highest BCUT2D eigenvalue weighted by Crippen LogP contribution is 2.44. The Morgan fingerprint density at radius 1 is 0.857 bits per heavy atom. The SMILES string of the molecule is C[C@@]1(N2CCCC2)CCCN1CC1CC(c2ccc(CN3CCCC3)cc2)C1. The molecule has 0 aromatic heterocycles. The van der Waals surface area contributed by atoms with Crippen molar-refractivity contribution >= 4 is 0 Å². The standard InChI is InChI=1S/C25H39N3/c1-25(27-14-4-5-15-27)11-6-16-28(25)20-22-17-24(18-22)23-9-7-21(8-10-23)19-26-12-2-3-13-26/h7-10,22,24H,2-6,11-20H2,1H3/t22?,24?,25-/m0/s1. The lowest BCUT2D eigenvalue weighted by Crippen LogP contribution is -2.55. The van der Waals surface area contributed by atoms with E-state index in [1.54, 1.807) is 5.56 Å². The molecule has 0 unspecified atom stereocenters. The normalized spacial score (nSPS) is 34.9. The summed E-state index contributed by atoms with van der Waals surface area (Å²) < 4.78 is 0. The van der Waals surface area contributed by atoms with Crippen LogP contribution in [-0.4, -0.2) is 59.6 Å². The van der Waals surface area contributed by atoms with E-state index in [0.717, 1.165) is 18.4 Å². The second-order valence-electron chi connectivity index (χ2n) is 10.2. The van der Waals surface area contributed by atoms with Crippen molar-refractivity contribution in [3.05, 3.63) is 35.4 Å². The Bertz CT molecular complexity index is 638. The minimum atomic E-state index is 0.360. The third kappa shape index (κ3) is 3.78. The Labute approximate surface area is 172 Å². The van der Waals surface area contributed by atoms with Gasteiger partial charge < -0.3 is 0 Å². The van der Waals surface area contributed by atoms with Crippen molar-refractivity contribution in [3.63, 3.8) is 0 Å². The summed E-state index contributed by atoms with van der Waals surface area (Å²) in [7, 11) is 0. The van der Waals surface area contributed by atoms with E-state index in [0.29, 0.717) is 5.66 Å². The third-order valence-electron chi connectivity index (χ3n) is 8.32. The topological polar surface area (TPSA) is 9.72 Å². The monoisotopic (exact) mass is 381 g/mol. The average molecular weight is 382 g/mol. The summed E-state index contributed by atoms with van der Waals surface area (Å²) in [6.45, 7) is 11.6. The summed E-state index contributed by atoms with van der Waals surface area (Å²) >= 11 is 0. The molecule has 1 aromatic rings. The second-order valence-corrected chi connectivity index (χ2v) is 10.2. The van der Waals surface area contributed by atoms with Crippen LogP contribution in [0.25, 0.3) is 0 Å². The molecule has 1 aliphatic carbocycles. The van der Waals surface area contributed by atoms with Crippen LogP contribution in [0.1, 0.15) is 75.3 Å². The molecule has 3 nitrogen and oxygen atoms in total. The molecule has 1 aromatic carbocycles. The van der Waals surface area contributed by atoms with Crippen LogP contribution in [0.5, 0.6) is 0 Å². The lowest BCUT2D eigenvalue weighted by atomic mass is 9.71. The molecule has 28 heavy (non-hydrogen) atoms. The first-order valence-electron chi connectivity index (χ1n) is 12.0. The average Bonchev–Trinajstić information content (AvgIpc) is 3.42. The molecule has 0 spiro atoms. The molecule has 0 bridgehead atoms. The van der Waals surface area contributed by atoms with Crippen LogP contribution in [0.2, 0.25) is 0 Å². The van der Waals surface area contributed by atoms with Crippen molar-refractivity contribution in [3.8, 4) is 0 Å². The fraction of sp³-hybridized carbons (Fsp3) is 0.760. The molecule has 1 atom stereocenters. The molecule has 0 amide bonds. The quantitative estimate of drug-likeness (QED) is 0.708. The predicted molar refractivity (Wildman–Crippen MR) is 116 cm³/mol. The van der Waals surface area contributed by atoms with Crippen LogP contribution in [0.15, 0.2) is 24.3 Å². The van der Waals surface area contributed by atoms with Crippen molar-refractivity contribution in [2.75, 3.05) is 39.3 Å². The van der Waals surface area contributed by atoms with Crippen LogP contribution in [0.3, 0.4) is 0 Å². The highest BCUT2D eigenvalue weighted by atomic mass is 15.4.